The molecule has 0 atom stereocenters. The minimum Gasteiger partial charge on any atom is -0.395 e. The molecule has 1 aromatic carbocycles. The standard InChI is InChI=1S/C15H17FN2O3/c1-17-14(20)10-18(2)15(21)13-7-6-12(16)9-11(13)5-3-4-8-19/h6-7,9,19H,4,8,10H2,1-2H3,(H,17,20). The molecule has 0 radical (unpaired) electrons. The number of aliphatic hydroxyl groups excluding tert-OH is 1. The number of aliphatic hydroxyl groups is 1. The Morgan fingerprint density at radius 2 is 2.14 bits per heavy atom. The number of hydrogen-bond acceptors (Lipinski definition) is 3. The van der Waals surface area contributed by atoms with Crippen LogP contribution in [0, 0.1) is 17.7 Å². The molecule has 0 unspecified atom stereocenters. The van der Waals surface area contributed by atoms with Crippen LogP contribution in [0.1, 0.15) is 22.3 Å². The lowest BCUT2D eigenvalue weighted by Crippen LogP contribution is -2.37. The van der Waals surface area contributed by atoms with Crippen LogP contribution in [-0.4, -0.2) is 49.1 Å². The average molecular weight is 292 g/mol. The highest BCUT2D eigenvalue weighted by molar-refractivity contribution is 5.98. The molecule has 1 aromatic rings. The van der Waals surface area contributed by atoms with Gasteiger partial charge in [0.1, 0.15) is 5.82 Å². The van der Waals surface area contributed by atoms with Gasteiger partial charge in [0.05, 0.1) is 18.7 Å². The van der Waals surface area contributed by atoms with Crippen LogP contribution in [0.3, 0.4) is 0 Å². The van der Waals surface area contributed by atoms with Crippen molar-refractivity contribution in [1.29, 1.82) is 0 Å². The quantitative estimate of drug-likeness (QED) is 0.788. The number of nitrogens with one attached hydrogen (secondary N) is 1. The van der Waals surface area contributed by atoms with Gasteiger partial charge in [0, 0.05) is 26.1 Å². The fraction of sp³-hybridized carbons (Fsp3) is 0.333. The molecule has 0 saturated heterocycles. The zero-order chi connectivity index (χ0) is 15.8. The van der Waals surface area contributed by atoms with E-state index in [0.29, 0.717) is 0 Å². The Morgan fingerprint density at radius 3 is 2.76 bits per heavy atom. The number of likely N-dealkylation sites (N-methyl/N-ethyl adjacent to an activating group) is 2. The topological polar surface area (TPSA) is 69.6 Å². The van der Waals surface area contributed by atoms with Gasteiger partial charge in [-0.15, -0.1) is 0 Å². The third kappa shape index (κ3) is 4.89. The second kappa shape index (κ2) is 8.02. The van der Waals surface area contributed by atoms with Crippen molar-refractivity contribution in [3.05, 3.63) is 35.1 Å². The van der Waals surface area contributed by atoms with Crippen molar-refractivity contribution in [3.8, 4) is 11.8 Å². The molecule has 0 spiro atoms. The second-order valence-corrected chi connectivity index (χ2v) is 4.30. The SMILES string of the molecule is CNC(=O)CN(C)C(=O)c1ccc(F)cc1C#CCCO. The van der Waals surface area contributed by atoms with E-state index < -0.39 is 11.7 Å². The number of carbonyl (C=O) groups excluding carboxylic acids is 2. The third-order valence-corrected chi connectivity index (χ3v) is 2.68. The molecule has 2 amide bonds. The Kier molecular flexibility index (Phi) is 6.37. The van der Waals surface area contributed by atoms with Gasteiger partial charge in [0.25, 0.3) is 5.91 Å². The number of benzene rings is 1. The first kappa shape index (κ1) is 16.7. The lowest BCUT2D eigenvalue weighted by Gasteiger charge is -2.17. The maximum atomic E-state index is 13.3. The van der Waals surface area contributed by atoms with E-state index in [1.807, 2.05) is 0 Å². The number of halogens is 1. The van der Waals surface area contributed by atoms with Gasteiger partial charge in [-0.3, -0.25) is 9.59 Å². The highest BCUT2D eigenvalue weighted by Gasteiger charge is 2.17. The highest BCUT2D eigenvalue weighted by atomic mass is 19.1. The summed E-state index contributed by atoms with van der Waals surface area (Å²) in [5, 5.41) is 11.1. The Hall–Kier alpha value is -2.39. The van der Waals surface area contributed by atoms with E-state index in [1.54, 1.807) is 0 Å². The molecule has 21 heavy (non-hydrogen) atoms. The van der Waals surface area contributed by atoms with Crippen molar-refractivity contribution in [2.75, 3.05) is 27.2 Å². The van der Waals surface area contributed by atoms with Gasteiger partial charge in [-0.2, -0.15) is 0 Å². The molecule has 0 heterocycles. The van der Waals surface area contributed by atoms with E-state index in [-0.39, 0.29) is 36.6 Å². The van der Waals surface area contributed by atoms with Gasteiger partial charge in [0.15, 0.2) is 0 Å². The Bertz CT molecular complexity index is 590. The molecular formula is C15H17FN2O3. The lowest BCUT2D eigenvalue weighted by molar-refractivity contribution is -0.121. The van der Waals surface area contributed by atoms with E-state index in [9.17, 15) is 14.0 Å². The van der Waals surface area contributed by atoms with Crippen LogP contribution in [-0.2, 0) is 4.79 Å². The van der Waals surface area contributed by atoms with E-state index in [2.05, 4.69) is 17.2 Å². The highest BCUT2D eigenvalue weighted by Crippen LogP contribution is 2.12. The van der Waals surface area contributed by atoms with Crippen molar-refractivity contribution in [3.63, 3.8) is 0 Å². The molecule has 5 nitrogen and oxygen atoms in total. The zero-order valence-corrected chi connectivity index (χ0v) is 11.9. The molecule has 0 bridgehead atoms. The molecular weight excluding hydrogens is 275 g/mol. The fourth-order valence-electron chi connectivity index (χ4n) is 1.59. The van der Waals surface area contributed by atoms with Crippen LogP contribution >= 0.6 is 0 Å². The summed E-state index contributed by atoms with van der Waals surface area (Å²) in [7, 11) is 2.95. The van der Waals surface area contributed by atoms with Crippen LogP contribution in [0.25, 0.3) is 0 Å². The van der Waals surface area contributed by atoms with Gasteiger partial charge >= 0.3 is 0 Å². The predicted octanol–water partition coefficient (Wildman–Crippen LogP) is 0.378. The van der Waals surface area contributed by atoms with E-state index in [4.69, 9.17) is 5.11 Å². The van der Waals surface area contributed by atoms with Gasteiger partial charge in [-0.05, 0) is 18.2 Å². The van der Waals surface area contributed by atoms with Gasteiger partial charge in [-0.1, -0.05) is 11.8 Å². The number of rotatable bonds is 4. The first-order chi connectivity index (χ1) is 9.99. The minimum atomic E-state index is -0.506. The van der Waals surface area contributed by atoms with E-state index in [0.717, 1.165) is 12.1 Å². The molecule has 0 aliphatic heterocycles. The number of nitrogens with zero attached hydrogens (tertiary/aromatic N) is 1. The van der Waals surface area contributed by atoms with Gasteiger partial charge in [-0.25, -0.2) is 4.39 Å². The van der Waals surface area contributed by atoms with Gasteiger partial charge < -0.3 is 15.3 Å². The largest absolute Gasteiger partial charge is 0.395 e. The lowest BCUT2D eigenvalue weighted by atomic mass is 10.1. The number of amides is 2. The van der Waals surface area contributed by atoms with Gasteiger partial charge in [0.2, 0.25) is 5.91 Å². The second-order valence-electron chi connectivity index (χ2n) is 4.30. The molecule has 2 N–H and O–H groups in total. The molecule has 0 aliphatic rings. The first-order valence-corrected chi connectivity index (χ1v) is 6.35. The van der Waals surface area contributed by atoms with Crippen LogP contribution in [0.15, 0.2) is 18.2 Å². The average Bonchev–Trinajstić information content (AvgIpc) is 2.46. The first-order valence-electron chi connectivity index (χ1n) is 6.35. The third-order valence-electron chi connectivity index (χ3n) is 2.68. The summed E-state index contributed by atoms with van der Waals surface area (Å²) in [4.78, 5) is 24.8. The van der Waals surface area contributed by atoms with Crippen LogP contribution < -0.4 is 5.32 Å². The summed E-state index contributed by atoms with van der Waals surface area (Å²) in [6, 6.07) is 3.66. The summed E-state index contributed by atoms with van der Waals surface area (Å²) in [6.07, 6.45) is 0.234. The smallest absolute Gasteiger partial charge is 0.255 e. The molecule has 0 aromatic heterocycles. The fourth-order valence-corrected chi connectivity index (χ4v) is 1.59. The molecule has 0 fully saturated rings. The molecule has 112 valence electrons. The summed E-state index contributed by atoms with van der Waals surface area (Å²) in [6.45, 7) is -0.210. The number of hydrogen-bond donors (Lipinski definition) is 2. The number of carbonyl (C=O) groups is 2. The Morgan fingerprint density at radius 1 is 1.43 bits per heavy atom. The van der Waals surface area contributed by atoms with Crippen molar-refractivity contribution >= 4 is 11.8 Å². The summed E-state index contributed by atoms with van der Waals surface area (Å²) < 4.78 is 13.3. The minimum absolute atomic E-state index is 0.101. The molecule has 1 rings (SSSR count). The van der Waals surface area contributed by atoms with Crippen molar-refractivity contribution < 1.29 is 19.1 Å². The van der Waals surface area contributed by atoms with Crippen molar-refractivity contribution in [1.82, 2.24) is 10.2 Å². The molecule has 6 heteroatoms. The maximum absolute atomic E-state index is 13.3. The van der Waals surface area contributed by atoms with E-state index in [1.165, 1.54) is 25.1 Å². The zero-order valence-electron chi connectivity index (χ0n) is 11.9. The molecule has 0 aliphatic carbocycles. The Balaban J connectivity index is 3.03. The van der Waals surface area contributed by atoms with E-state index >= 15 is 0 Å². The Labute approximate surface area is 122 Å². The monoisotopic (exact) mass is 292 g/mol. The summed E-state index contributed by atoms with van der Waals surface area (Å²) in [5.74, 6) is 4.07. The van der Waals surface area contributed by atoms with Crippen LogP contribution in [0.4, 0.5) is 4.39 Å². The summed E-state index contributed by atoms with van der Waals surface area (Å²) >= 11 is 0. The normalized spacial score (nSPS) is 9.52. The maximum Gasteiger partial charge on any atom is 0.255 e. The molecule has 0 saturated carbocycles. The van der Waals surface area contributed by atoms with Crippen LogP contribution in [0.2, 0.25) is 0 Å². The van der Waals surface area contributed by atoms with Crippen LogP contribution in [0.5, 0.6) is 0 Å². The predicted molar refractivity (Wildman–Crippen MR) is 76.0 cm³/mol. The van der Waals surface area contributed by atoms with Crippen molar-refractivity contribution in [2.24, 2.45) is 0 Å². The van der Waals surface area contributed by atoms with Crippen molar-refractivity contribution in [2.45, 2.75) is 6.42 Å². The summed E-state index contributed by atoms with van der Waals surface area (Å²) in [5.41, 5.74) is 0.449.